The van der Waals surface area contributed by atoms with Crippen molar-refractivity contribution in [3.05, 3.63) is 34.9 Å². The van der Waals surface area contributed by atoms with Gasteiger partial charge in [0.05, 0.1) is 5.25 Å². The zero-order chi connectivity index (χ0) is 16.9. The molecule has 0 aliphatic heterocycles. The van der Waals surface area contributed by atoms with E-state index in [1.807, 2.05) is 6.07 Å². The molecular formula is C18H29NO2S. The van der Waals surface area contributed by atoms with E-state index in [0.29, 0.717) is 0 Å². The number of rotatable bonds is 3. The Hall–Kier alpha value is -0.870. The van der Waals surface area contributed by atoms with Crippen LogP contribution < -0.4 is 0 Å². The molecule has 0 N–H and O–H groups in total. The standard InChI is InChI=1S/C18H29NO2S/c1-13(22(20,21)19(6)7)14-8-9-15-16(12-14)18(4,5)11-10-17(15,2)3/h8-9,12-13H,10-11H2,1-7H3/t13-/m0/s1. The van der Waals surface area contributed by atoms with Crippen molar-refractivity contribution in [2.75, 3.05) is 14.1 Å². The van der Waals surface area contributed by atoms with Gasteiger partial charge >= 0.3 is 0 Å². The van der Waals surface area contributed by atoms with Gasteiger partial charge in [-0.15, -0.1) is 0 Å². The molecule has 22 heavy (non-hydrogen) atoms. The number of fused-ring (bicyclic) bond motifs is 1. The number of benzene rings is 1. The summed E-state index contributed by atoms with van der Waals surface area (Å²) in [7, 11) is -0.100. The van der Waals surface area contributed by atoms with E-state index in [9.17, 15) is 8.42 Å². The zero-order valence-corrected chi connectivity index (χ0v) is 15.7. The molecule has 0 saturated carbocycles. The summed E-state index contributed by atoms with van der Waals surface area (Å²) in [4.78, 5) is 0. The van der Waals surface area contributed by atoms with Gasteiger partial charge in [0, 0.05) is 14.1 Å². The van der Waals surface area contributed by atoms with Crippen molar-refractivity contribution in [3.8, 4) is 0 Å². The number of nitrogens with zero attached hydrogens (tertiary/aromatic N) is 1. The van der Waals surface area contributed by atoms with Gasteiger partial charge in [-0.3, -0.25) is 0 Å². The van der Waals surface area contributed by atoms with Gasteiger partial charge in [0.1, 0.15) is 0 Å². The molecule has 0 saturated heterocycles. The average Bonchev–Trinajstić information content (AvgIpc) is 2.42. The first kappa shape index (κ1) is 17.5. The first-order valence-electron chi connectivity index (χ1n) is 7.96. The third-order valence-electron chi connectivity index (χ3n) is 5.30. The first-order valence-corrected chi connectivity index (χ1v) is 9.46. The second-order valence-corrected chi connectivity index (χ2v) is 10.5. The second-order valence-electron chi connectivity index (χ2n) is 8.04. The van der Waals surface area contributed by atoms with Crippen molar-refractivity contribution >= 4 is 10.0 Å². The van der Waals surface area contributed by atoms with E-state index < -0.39 is 15.3 Å². The fraction of sp³-hybridized carbons (Fsp3) is 0.667. The van der Waals surface area contributed by atoms with Crippen LogP contribution in [-0.4, -0.2) is 26.8 Å². The summed E-state index contributed by atoms with van der Waals surface area (Å²) in [5.41, 5.74) is 3.82. The van der Waals surface area contributed by atoms with Crippen molar-refractivity contribution in [1.82, 2.24) is 4.31 Å². The molecule has 0 bridgehead atoms. The summed E-state index contributed by atoms with van der Waals surface area (Å²) in [5, 5.41) is -0.520. The van der Waals surface area contributed by atoms with Crippen molar-refractivity contribution in [1.29, 1.82) is 0 Å². The molecule has 124 valence electrons. The Kier molecular flexibility index (Phi) is 4.25. The summed E-state index contributed by atoms with van der Waals surface area (Å²) in [6.45, 7) is 10.9. The van der Waals surface area contributed by atoms with Crippen LogP contribution in [0.25, 0.3) is 0 Å². The van der Waals surface area contributed by atoms with Gasteiger partial charge in [0.25, 0.3) is 0 Å². The number of hydrogen-bond donors (Lipinski definition) is 0. The van der Waals surface area contributed by atoms with E-state index in [0.717, 1.165) is 18.4 Å². The SMILES string of the molecule is C[C@@H](c1ccc2c(c1)C(C)(C)CCC2(C)C)S(=O)(=O)N(C)C. The molecule has 0 amide bonds. The van der Waals surface area contributed by atoms with Gasteiger partial charge in [0.2, 0.25) is 10.0 Å². The van der Waals surface area contributed by atoms with Crippen molar-refractivity contribution < 1.29 is 8.42 Å². The smallest absolute Gasteiger partial charge is 0.212 e. The van der Waals surface area contributed by atoms with Crippen LogP contribution >= 0.6 is 0 Å². The third-order valence-corrected chi connectivity index (χ3v) is 7.49. The molecule has 1 aliphatic carbocycles. The number of hydrogen-bond acceptors (Lipinski definition) is 2. The first-order chi connectivity index (χ1) is 9.89. The molecule has 0 spiro atoms. The minimum absolute atomic E-state index is 0.0997. The van der Waals surface area contributed by atoms with Gasteiger partial charge in [-0.25, -0.2) is 12.7 Å². The lowest BCUT2D eigenvalue weighted by molar-refractivity contribution is 0.331. The van der Waals surface area contributed by atoms with Crippen molar-refractivity contribution in [2.45, 2.75) is 63.5 Å². The highest BCUT2D eigenvalue weighted by atomic mass is 32.2. The normalized spacial score (nSPS) is 21.5. The molecule has 1 aromatic carbocycles. The largest absolute Gasteiger partial charge is 0.220 e. The van der Waals surface area contributed by atoms with Gasteiger partial charge in [0.15, 0.2) is 0 Å². The minimum atomic E-state index is -3.29. The van der Waals surface area contributed by atoms with Crippen LogP contribution in [-0.2, 0) is 20.9 Å². The molecule has 1 aliphatic rings. The van der Waals surface area contributed by atoms with E-state index >= 15 is 0 Å². The molecule has 0 aromatic heterocycles. The maximum Gasteiger partial charge on any atom is 0.220 e. The lowest BCUT2D eigenvalue weighted by Crippen LogP contribution is -2.34. The molecular weight excluding hydrogens is 294 g/mol. The minimum Gasteiger partial charge on any atom is -0.212 e. The van der Waals surface area contributed by atoms with Gasteiger partial charge in [-0.05, 0) is 47.3 Å². The molecule has 1 atom stereocenters. The molecule has 2 rings (SSSR count). The van der Waals surface area contributed by atoms with E-state index in [2.05, 4.69) is 39.8 Å². The molecule has 0 fully saturated rings. The predicted molar refractivity (Wildman–Crippen MR) is 92.7 cm³/mol. The highest BCUT2D eigenvalue weighted by Gasteiger charge is 2.37. The Morgan fingerprint density at radius 3 is 2.00 bits per heavy atom. The van der Waals surface area contributed by atoms with Gasteiger partial charge < -0.3 is 0 Å². The average molecular weight is 324 g/mol. The van der Waals surface area contributed by atoms with Crippen LogP contribution in [0.3, 0.4) is 0 Å². The summed E-state index contributed by atoms with van der Waals surface area (Å²) < 4.78 is 26.1. The topological polar surface area (TPSA) is 37.4 Å². The summed E-state index contributed by atoms with van der Waals surface area (Å²) in [6.07, 6.45) is 2.29. The monoisotopic (exact) mass is 323 g/mol. The van der Waals surface area contributed by atoms with Crippen molar-refractivity contribution in [2.24, 2.45) is 0 Å². The Morgan fingerprint density at radius 2 is 1.50 bits per heavy atom. The Labute approximate surface area is 135 Å². The van der Waals surface area contributed by atoms with Crippen LogP contribution in [0.15, 0.2) is 18.2 Å². The van der Waals surface area contributed by atoms with Gasteiger partial charge in [-0.1, -0.05) is 45.9 Å². The third kappa shape index (κ3) is 2.83. The van der Waals surface area contributed by atoms with Crippen LogP contribution in [0.4, 0.5) is 0 Å². The zero-order valence-electron chi connectivity index (χ0n) is 14.9. The summed E-state index contributed by atoms with van der Waals surface area (Å²) >= 11 is 0. The fourth-order valence-corrected chi connectivity index (χ4v) is 4.47. The Balaban J connectivity index is 2.56. The predicted octanol–water partition coefficient (Wildman–Crippen LogP) is 3.99. The maximum absolute atomic E-state index is 12.4. The lowest BCUT2D eigenvalue weighted by atomic mass is 9.63. The Bertz CT molecular complexity index is 672. The van der Waals surface area contributed by atoms with E-state index in [-0.39, 0.29) is 10.8 Å². The highest BCUT2D eigenvalue weighted by molar-refractivity contribution is 7.89. The number of sulfonamides is 1. The van der Waals surface area contributed by atoms with Gasteiger partial charge in [-0.2, -0.15) is 0 Å². The molecule has 0 unspecified atom stereocenters. The summed E-state index contributed by atoms with van der Waals surface area (Å²) in [5.74, 6) is 0. The fourth-order valence-electron chi connectivity index (χ4n) is 3.35. The second kappa shape index (κ2) is 5.34. The van der Waals surface area contributed by atoms with Crippen LogP contribution in [0.2, 0.25) is 0 Å². The van der Waals surface area contributed by atoms with E-state index in [1.54, 1.807) is 21.0 Å². The van der Waals surface area contributed by atoms with Crippen LogP contribution in [0.1, 0.15) is 69.4 Å². The quantitative estimate of drug-likeness (QED) is 0.843. The van der Waals surface area contributed by atoms with E-state index in [1.165, 1.54) is 15.4 Å². The molecule has 3 nitrogen and oxygen atoms in total. The Morgan fingerprint density at radius 1 is 1.00 bits per heavy atom. The van der Waals surface area contributed by atoms with Crippen LogP contribution in [0, 0.1) is 0 Å². The lowest BCUT2D eigenvalue weighted by Gasteiger charge is -2.42. The van der Waals surface area contributed by atoms with Crippen molar-refractivity contribution in [3.63, 3.8) is 0 Å². The molecule has 0 heterocycles. The van der Waals surface area contributed by atoms with E-state index in [4.69, 9.17) is 0 Å². The molecule has 4 heteroatoms. The highest BCUT2D eigenvalue weighted by Crippen LogP contribution is 2.46. The molecule has 0 radical (unpaired) electrons. The summed E-state index contributed by atoms with van der Waals surface area (Å²) in [6, 6.07) is 6.27. The molecule has 1 aromatic rings. The van der Waals surface area contributed by atoms with Crippen LogP contribution in [0.5, 0.6) is 0 Å². The maximum atomic E-state index is 12.4.